The van der Waals surface area contributed by atoms with Crippen molar-refractivity contribution in [2.75, 3.05) is 0 Å². The molecule has 0 aliphatic rings. The van der Waals surface area contributed by atoms with Crippen LogP contribution < -0.4 is 10.2 Å². The Hall–Kier alpha value is -1.83. The van der Waals surface area contributed by atoms with Crippen LogP contribution in [0.15, 0.2) is 41.5 Å². The Morgan fingerprint density at radius 1 is 1.06 bits per heavy atom. The van der Waals surface area contributed by atoms with Crippen LogP contribution in [0.4, 0.5) is 30.7 Å². The summed E-state index contributed by atoms with van der Waals surface area (Å²) in [7, 11) is 0. The number of hydrazone groups is 1. The van der Waals surface area contributed by atoms with E-state index in [1.807, 2.05) is 51.3 Å². The van der Waals surface area contributed by atoms with Crippen molar-refractivity contribution in [2.45, 2.75) is 24.8 Å². The lowest BCUT2D eigenvalue weighted by molar-refractivity contribution is -0.361. The first-order valence-corrected chi connectivity index (χ1v) is 10.2. The second-order valence-electron chi connectivity index (χ2n) is 5.88. The van der Waals surface area contributed by atoms with E-state index in [4.69, 9.17) is 10.00 Å². The minimum Gasteiger partial charge on any atom is -0.487 e. The zero-order chi connectivity index (χ0) is 23.4. The number of alkyl halides is 7. The molecule has 1 N–H and O–H groups in total. The highest BCUT2D eigenvalue weighted by molar-refractivity contribution is 14.1. The molecule has 0 heterocycles. The number of benzene rings is 2. The second-order valence-corrected chi connectivity index (χ2v) is 8.29. The maximum absolute atomic E-state index is 13.4. The molecule has 0 saturated carbocycles. The summed E-state index contributed by atoms with van der Waals surface area (Å²) >= 11 is 3.76. The van der Waals surface area contributed by atoms with Crippen LogP contribution in [0.25, 0.3) is 0 Å². The molecule has 0 atom stereocenters. The number of ether oxygens (including phenoxy) is 1. The summed E-state index contributed by atoms with van der Waals surface area (Å²) in [4.78, 5) is 0. The largest absolute Gasteiger partial charge is 0.487 e. The maximum Gasteiger partial charge on any atom is 0.462 e. The number of nitriles is 1. The first-order valence-electron chi connectivity index (χ1n) is 8.02. The molecule has 2 aromatic carbocycles. The lowest BCUT2D eigenvalue weighted by Crippen LogP contribution is -2.58. The minimum absolute atomic E-state index is 0.0457. The third-order valence-electron chi connectivity index (χ3n) is 3.71. The van der Waals surface area contributed by atoms with Crippen molar-refractivity contribution in [1.29, 1.82) is 5.26 Å². The van der Waals surface area contributed by atoms with E-state index in [0.29, 0.717) is 29.9 Å². The number of rotatable bonds is 7. The molecule has 0 unspecified atom stereocenters. The maximum atomic E-state index is 13.4. The lowest BCUT2D eigenvalue weighted by atomic mass is 10.1. The predicted octanol–water partition coefficient (Wildman–Crippen LogP) is 6.06. The third-order valence-corrected chi connectivity index (χ3v) is 5.13. The Balaban J connectivity index is 2.28. The van der Waals surface area contributed by atoms with Gasteiger partial charge in [0, 0.05) is 14.7 Å². The molecule has 0 aromatic heterocycles. The molecule has 0 bridgehead atoms. The lowest BCUT2D eigenvalue weighted by Gasteiger charge is -2.27. The van der Waals surface area contributed by atoms with E-state index >= 15 is 0 Å². The Morgan fingerprint density at radius 3 is 2.32 bits per heavy atom. The van der Waals surface area contributed by atoms with Gasteiger partial charge in [-0.1, -0.05) is 18.2 Å². The van der Waals surface area contributed by atoms with Crippen molar-refractivity contribution < 1.29 is 35.5 Å². The van der Waals surface area contributed by atoms with Gasteiger partial charge in [0.15, 0.2) is 0 Å². The van der Waals surface area contributed by atoms with Crippen LogP contribution in [-0.2, 0) is 6.61 Å². The summed E-state index contributed by atoms with van der Waals surface area (Å²) in [5.74, 6) is -6.22. The summed E-state index contributed by atoms with van der Waals surface area (Å²) in [5, 5.41) is 12.0. The zero-order valence-electron chi connectivity index (χ0n) is 15.0. The summed E-state index contributed by atoms with van der Waals surface area (Å²) < 4.78 is 96.0. The highest BCUT2D eigenvalue weighted by Crippen LogP contribution is 2.45. The molecule has 0 spiro atoms. The van der Waals surface area contributed by atoms with Gasteiger partial charge in [-0.05, 0) is 63.4 Å². The summed E-state index contributed by atoms with van der Waals surface area (Å²) in [6.45, 7) is -0.0864. The van der Waals surface area contributed by atoms with Gasteiger partial charge in [-0.3, -0.25) is 0 Å². The number of halogens is 9. The van der Waals surface area contributed by atoms with Gasteiger partial charge in [-0.25, -0.2) is 5.43 Å². The first kappa shape index (κ1) is 25.4. The molecular weight excluding hydrogens is 661 g/mol. The standard InChI is InChI=1S/C18H10F7I2N3O/c19-16(20,17(21,22)23)18(24,25)30-29-8-12-5-13(26)6-14(27)15(12)31-9-11-4-2-1-3-10(11)7-28/h1-6,8,30H,9H2/b29-8-. The molecule has 0 saturated heterocycles. The van der Waals surface area contributed by atoms with Crippen molar-refractivity contribution in [3.05, 3.63) is 60.2 Å². The fraction of sp³-hybridized carbons (Fsp3) is 0.222. The second kappa shape index (κ2) is 9.76. The fourth-order valence-electron chi connectivity index (χ4n) is 2.16. The van der Waals surface area contributed by atoms with Gasteiger partial charge in [-0.2, -0.15) is 41.1 Å². The predicted molar refractivity (Wildman–Crippen MR) is 114 cm³/mol. The molecule has 0 fully saturated rings. The van der Waals surface area contributed by atoms with Gasteiger partial charge >= 0.3 is 18.1 Å². The monoisotopic (exact) mass is 671 g/mol. The van der Waals surface area contributed by atoms with Gasteiger partial charge in [0.05, 0.1) is 21.4 Å². The zero-order valence-corrected chi connectivity index (χ0v) is 19.3. The van der Waals surface area contributed by atoms with Crippen molar-refractivity contribution in [3.63, 3.8) is 0 Å². The molecule has 13 heteroatoms. The summed E-state index contributed by atoms with van der Waals surface area (Å²) in [5.41, 5.74) is 1.49. The number of nitrogens with zero attached hydrogens (tertiary/aromatic N) is 2. The van der Waals surface area contributed by atoms with Gasteiger partial charge in [-0.15, -0.1) is 0 Å². The molecule has 0 radical (unpaired) electrons. The molecule has 0 aliphatic carbocycles. The van der Waals surface area contributed by atoms with Crippen LogP contribution in [-0.4, -0.2) is 24.4 Å². The Bertz CT molecular complexity index is 1020. The van der Waals surface area contributed by atoms with E-state index < -0.39 is 18.1 Å². The van der Waals surface area contributed by atoms with Crippen molar-refractivity contribution in [2.24, 2.45) is 5.10 Å². The average molecular weight is 671 g/mol. The van der Waals surface area contributed by atoms with E-state index in [1.165, 1.54) is 6.07 Å². The fourth-order valence-corrected chi connectivity index (χ4v) is 4.21. The highest BCUT2D eigenvalue weighted by atomic mass is 127. The molecule has 2 aromatic rings. The summed E-state index contributed by atoms with van der Waals surface area (Å²) in [6.07, 6.45) is -5.82. The molecule has 0 amide bonds. The molecule has 2 rings (SSSR count). The van der Waals surface area contributed by atoms with Gasteiger partial charge in [0.25, 0.3) is 0 Å². The van der Waals surface area contributed by atoms with Crippen LogP contribution in [0, 0.1) is 18.5 Å². The summed E-state index contributed by atoms with van der Waals surface area (Å²) in [6, 6.07) is 5.88. The van der Waals surface area contributed by atoms with Crippen LogP contribution in [0.3, 0.4) is 0 Å². The van der Waals surface area contributed by atoms with Gasteiger partial charge < -0.3 is 4.74 Å². The third kappa shape index (κ3) is 5.90. The van der Waals surface area contributed by atoms with Crippen LogP contribution in [0.1, 0.15) is 16.7 Å². The number of nitrogens with one attached hydrogen (secondary N) is 1. The van der Waals surface area contributed by atoms with E-state index in [-0.39, 0.29) is 17.9 Å². The normalized spacial score (nSPS) is 12.6. The number of hydrogen-bond acceptors (Lipinski definition) is 4. The average Bonchev–Trinajstić information content (AvgIpc) is 2.66. The van der Waals surface area contributed by atoms with Crippen LogP contribution >= 0.6 is 45.2 Å². The Labute approximate surface area is 198 Å². The van der Waals surface area contributed by atoms with E-state index in [1.54, 1.807) is 30.3 Å². The van der Waals surface area contributed by atoms with Crippen LogP contribution in [0.5, 0.6) is 5.75 Å². The number of hydrogen-bond donors (Lipinski definition) is 1. The minimum atomic E-state index is -6.47. The van der Waals surface area contributed by atoms with E-state index in [0.717, 1.165) is 0 Å². The quantitative estimate of drug-likeness (QED) is 0.128. The molecular formula is C18H10F7I2N3O. The molecule has 31 heavy (non-hydrogen) atoms. The van der Waals surface area contributed by atoms with Gasteiger partial charge in [0.2, 0.25) is 0 Å². The van der Waals surface area contributed by atoms with Gasteiger partial charge in [0.1, 0.15) is 12.4 Å². The topological polar surface area (TPSA) is 57.4 Å². The van der Waals surface area contributed by atoms with E-state index in [2.05, 4.69) is 5.10 Å². The highest BCUT2D eigenvalue weighted by Gasteiger charge is 2.73. The molecule has 4 nitrogen and oxygen atoms in total. The first-order chi connectivity index (χ1) is 14.3. The van der Waals surface area contributed by atoms with E-state index in [9.17, 15) is 30.7 Å². The van der Waals surface area contributed by atoms with Crippen LogP contribution in [0.2, 0.25) is 0 Å². The van der Waals surface area contributed by atoms with Crippen molar-refractivity contribution >= 4 is 51.4 Å². The SMILES string of the molecule is N#Cc1ccccc1COc1c(I)cc(I)cc1/C=N\NC(F)(F)C(F)(F)C(F)(F)F. The Morgan fingerprint density at radius 2 is 1.71 bits per heavy atom. The van der Waals surface area contributed by atoms with Crippen molar-refractivity contribution in [3.8, 4) is 11.8 Å². The molecule has 166 valence electrons. The molecule has 0 aliphatic heterocycles. The smallest absolute Gasteiger partial charge is 0.462 e. The van der Waals surface area contributed by atoms with Crippen molar-refractivity contribution in [1.82, 2.24) is 5.43 Å². The Kier molecular flexibility index (Phi) is 8.00.